The number of likely N-dealkylation sites (tertiary alicyclic amines) is 1. The lowest BCUT2D eigenvalue weighted by molar-refractivity contribution is -0.144. The van der Waals surface area contributed by atoms with Gasteiger partial charge in [0.2, 0.25) is 5.91 Å². The summed E-state index contributed by atoms with van der Waals surface area (Å²) < 4.78 is 13.0. The van der Waals surface area contributed by atoms with Gasteiger partial charge in [-0.15, -0.1) is 0 Å². The van der Waals surface area contributed by atoms with Crippen molar-refractivity contribution in [2.45, 2.75) is 6.42 Å². The Kier molecular flexibility index (Phi) is 4.97. The van der Waals surface area contributed by atoms with Crippen molar-refractivity contribution in [3.8, 4) is 0 Å². The SMILES string of the molecule is O=C(O)[C@H]1C[C@@H](C(=O)Nc2ccc(F)cc2)CN(C(=O)c2ccn[nH]2)C1. The van der Waals surface area contributed by atoms with Crippen LogP contribution in [0.4, 0.5) is 10.1 Å². The first-order valence-electron chi connectivity index (χ1n) is 8.02. The summed E-state index contributed by atoms with van der Waals surface area (Å²) in [6, 6.07) is 6.74. The summed E-state index contributed by atoms with van der Waals surface area (Å²) in [5, 5.41) is 18.2. The van der Waals surface area contributed by atoms with Crippen molar-refractivity contribution in [1.29, 1.82) is 0 Å². The van der Waals surface area contributed by atoms with Gasteiger partial charge in [-0.3, -0.25) is 19.5 Å². The van der Waals surface area contributed by atoms with Gasteiger partial charge in [-0.05, 0) is 36.8 Å². The lowest BCUT2D eigenvalue weighted by Crippen LogP contribution is -2.49. The fourth-order valence-electron chi connectivity index (χ4n) is 2.96. The molecule has 2 amide bonds. The molecule has 2 aromatic rings. The van der Waals surface area contributed by atoms with Crippen molar-refractivity contribution >= 4 is 23.5 Å². The van der Waals surface area contributed by atoms with Crippen LogP contribution in [0.5, 0.6) is 0 Å². The average molecular weight is 360 g/mol. The van der Waals surface area contributed by atoms with Gasteiger partial charge >= 0.3 is 5.97 Å². The number of hydrogen-bond donors (Lipinski definition) is 3. The zero-order valence-electron chi connectivity index (χ0n) is 13.7. The number of nitrogens with zero attached hydrogens (tertiary/aromatic N) is 2. The molecule has 0 aliphatic carbocycles. The molecule has 1 fully saturated rings. The van der Waals surface area contributed by atoms with Crippen molar-refractivity contribution in [2.75, 3.05) is 18.4 Å². The Morgan fingerprint density at radius 1 is 1.15 bits per heavy atom. The van der Waals surface area contributed by atoms with Crippen molar-refractivity contribution in [1.82, 2.24) is 15.1 Å². The van der Waals surface area contributed by atoms with Crippen LogP contribution in [-0.4, -0.2) is 51.1 Å². The molecule has 3 N–H and O–H groups in total. The van der Waals surface area contributed by atoms with Gasteiger partial charge < -0.3 is 15.3 Å². The maximum atomic E-state index is 13.0. The fourth-order valence-corrected chi connectivity index (χ4v) is 2.96. The maximum absolute atomic E-state index is 13.0. The number of carboxylic acids is 1. The minimum Gasteiger partial charge on any atom is -0.481 e. The summed E-state index contributed by atoms with van der Waals surface area (Å²) in [4.78, 5) is 37.8. The highest BCUT2D eigenvalue weighted by atomic mass is 19.1. The Balaban J connectivity index is 1.74. The third kappa shape index (κ3) is 3.88. The number of halogens is 1. The number of nitrogens with one attached hydrogen (secondary N) is 2. The van der Waals surface area contributed by atoms with Gasteiger partial charge in [0.05, 0.1) is 11.8 Å². The van der Waals surface area contributed by atoms with E-state index in [9.17, 15) is 23.9 Å². The zero-order chi connectivity index (χ0) is 18.7. The van der Waals surface area contributed by atoms with E-state index in [1.165, 1.54) is 41.4 Å². The number of amides is 2. The Labute approximate surface area is 148 Å². The van der Waals surface area contributed by atoms with Crippen LogP contribution in [0.15, 0.2) is 36.5 Å². The molecule has 3 rings (SSSR count). The van der Waals surface area contributed by atoms with Gasteiger partial charge in [-0.1, -0.05) is 0 Å². The lowest BCUT2D eigenvalue weighted by Gasteiger charge is -2.35. The summed E-state index contributed by atoms with van der Waals surface area (Å²) in [5.74, 6) is -3.85. The van der Waals surface area contributed by atoms with E-state index in [1.807, 2.05) is 0 Å². The molecule has 1 aliphatic rings. The first-order valence-corrected chi connectivity index (χ1v) is 8.02. The first kappa shape index (κ1) is 17.6. The second kappa shape index (κ2) is 7.34. The van der Waals surface area contributed by atoms with Crippen molar-refractivity contribution in [2.24, 2.45) is 11.8 Å². The van der Waals surface area contributed by atoms with Crippen molar-refractivity contribution in [3.05, 3.63) is 48.0 Å². The molecule has 0 bridgehead atoms. The predicted octanol–water partition coefficient (Wildman–Crippen LogP) is 1.35. The summed E-state index contributed by atoms with van der Waals surface area (Å²) >= 11 is 0. The van der Waals surface area contributed by atoms with Gasteiger partial charge in [0.15, 0.2) is 0 Å². The molecular weight excluding hydrogens is 343 g/mol. The van der Waals surface area contributed by atoms with Crippen LogP contribution >= 0.6 is 0 Å². The minimum atomic E-state index is -1.06. The van der Waals surface area contributed by atoms with Gasteiger partial charge in [0, 0.05) is 25.0 Å². The van der Waals surface area contributed by atoms with E-state index in [2.05, 4.69) is 15.5 Å². The largest absolute Gasteiger partial charge is 0.481 e. The first-order chi connectivity index (χ1) is 12.4. The third-order valence-corrected chi connectivity index (χ3v) is 4.30. The molecule has 0 unspecified atom stereocenters. The van der Waals surface area contributed by atoms with Crippen LogP contribution in [0.25, 0.3) is 0 Å². The van der Waals surface area contributed by atoms with Crippen LogP contribution in [0, 0.1) is 17.7 Å². The van der Waals surface area contributed by atoms with Gasteiger partial charge in [0.1, 0.15) is 11.5 Å². The lowest BCUT2D eigenvalue weighted by atomic mass is 9.88. The average Bonchev–Trinajstić information content (AvgIpc) is 3.17. The van der Waals surface area contributed by atoms with Crippen molar-refractivity contribution in [3.63, 3.8) is 0 Å². The highest BCUT2D eigenvalue weighted by molar-refractivity contribution is 5.95. The maximum Gasteiger partial charge on any atom is 0.308 e. The quantitative estimate of drug-likeness (QED) is 0.761. The molecule has 0 radical (unpaired) electrons. The number of aromatic amines is 1. The Morgan fingerprint density at radius 2 is 1.85 bits per heavy atom. The molecule has 0 spiro atoms. The standard InChI is InChI=1S/C17H17FN4O4/c18-12-1-3-13(4-2-12)20-15(23)10-7-11(17(25)26)9-22(8-10)16(24)14-5-6-19-21-14/h1-6,10-11H,7-9H2,(H,19,21)(H,20,23)(H,25,26)/t10-,11+/m1/s1. The second-order valence-electron chi connectivity index (χ2n) is 6.14. The smallest absolute Gasteiger partial charge is 0.308 e. The predicted molar refractivity (Wildman–Crippen MR) is 88.8 cm³/mol. The molecule has 0 saturated carbocycles. The van der Waals surface area contributed by atoms with E-state index in [4.69, 9.17) is 0 Å². The van der Waals surface area contributed by atoms with Crippen LogP contribution in [-0.2, 0) is 9.59 Å². The summed E-state index contributed by atoms with van der Waals surface area (Å²) in [5.41, 5.74) is 0.633. The molecule has 1 aromatic heterocycles. The molecular formula is C17H17FN4O4. The molecule has 26 heavy (non-hydrogen) atoms. The molecule has 8 nitrogen and oxygen atoms in total. The highest BCUT2D eigenvalue weighted by Gasteiger charge is 2.37. The molecule has 9 heteroatoms. The van der Waals surface area contributed by atoms with Gasteiger partial charge in [0.25, 0.3) is 5.91 Å². The topological polar surface area (TPSA) is 115 Å². The number of H-pyrrole nitrogens is 1. The number of benzene rings is 1. The number of aromatic nitrogens is 2. The van der Waals surface area contributed by atoms with Crippen LogP contribution in [0.2, 0.25) is 0 Å². The van der Waals surface area contributed by atoms with Gasteiger partial charge in [-0.25, -0.2) is 4.39 Å². The second-order valence-corrected chi connectivity index (χ2v) is 6.14. The number of hydrogen-bond acceptors (Lipinski definition) is 4. The molecule has 1 aromatic carbocycles. The molecule has 136 valence electrons. The monoisotopic (exact) mass is 360 g/mol. The zero-order valence-corrected chi connectivity index (χ0v) is 13.7. The number of anilines is 1. The number of carbonyl (C=O) groups is 3. The van der Waals surface area contributed by atoms with E-state index < -0.39 is 35.4 Å². The Hall–Kier alpha value is -3.23. The van der Waals surface area contributed by atoms with Crippen LogP contribution < -0.4 is 5.32 Å². The molecule has 1 saturated heterocycles. The fraction of sp³-hybridized carbons (Fsp3) is 0.294. The number of rotatable bonds is 4. The summed E-state index contributed by atoms with van der Waals surface area (Å²) in [6.07, 6.45) is 1.54. The third-order valence-electron chi connectivity index (χ3n) is 4.30. The van der Waals surface area contributed by atoms with E-state index in [1.54, 1.807) is 0 Å². The number of carboxylic acid groups (broad SMARTS) is 1. The Morgan fingerprint density at radius 3 is 2.46 bits per heavy atom. The highest BCUT2D eigenvalue weighted by Crippen LogP contribution is 2.25. The van der Waals surface area contributed by atoms with E-state index >= 15 is 0 Å². The summed E-state index contributed by atoms with van der Waals surface area (Å²) in [7, 11) is 0. The van der Waals surface area contributed by atoms with Gasteiger partial charge in [-0.2, -0.15) is 5.10 Å². The number of aliphatic carboxylic acids is 1. The molecule has 1 aliphatic heterocycles. The normalized spacial score (nSPS) is 19.8. The number of carbonyl (C=O) groups excluding carboxylic acids is 2. The molecule has 2 atom stereocenters. The molecule has 2 heterocycles. The van der Waals surface area contributed by atoms with E-state index in [0.29, 0.717) is 5.69 Å². The van der Waals surface area contributed by atoms with Crippen LogP contribution in [0.3, 0.4) is 0 Å². The van der Waals surface area contributed by atoms with E-state index in [0.717, 1.165) is 0 Å². The Bertz CT molecular complexity index is 807. The number of piperidine rings is 1. The van der Waals surface area contributed by atoms with Crippen molar-refractivity contribution < 1.29 is 23.9 Å². The van der Waals surface area contributed by atoms with Crippen LogP contribution in [0.1, 0.15) is 16.9 Å². The summed E-state index contributed by atoms with van der Waals surface area (Å²) in [6.45, 7) is 0.113. The van der Waals surface area contributed by atoms with E-state index in [-0.39, 0.29) is 25.2 Å². The minimum absolute atomic E-state index is 0.0213.